The number of carbonyl (C=O) groups excluding carboxylic acids is 1. The van der Waals surface area contributed by atoms with Gasteiger partial charge in [0.25, 0.3) is 0 Å². The van der Waals surface area contributed by atoms with Crippen LogP contribution < -0.4 is 0 Å². The first-order valence-electron chi connectivity index (χ1n) is 8.92. The zero-order valence-corrected chi connectivity index (χ0v) is 15.6. The van der Waals surface area contributed by atoms with Crippen LogP contribution in [0.2, 0.25) is 0 Å². The van der Waals surface area contributed by atoms with Gasteiger partial charge < -0.3 is 9.80 Å². The Morgan fingerprint density at radius 2 is 1.64 bits per heavy atom. The van der Waals surface area contributed by atoms with Gasteiger partial charge in [-0.05, 0) is 31.2 Å². The highest BCUT2D eigenvalue weighted by atomic mass is 32.2. The summed E-state index contributed by atoms with van der Waals surface area (Å²) >= 11 is 1.84. The maximum absolute atomic E-state index is 12.7. The molecule has 0 aromatic heterocycles. The molecule has 1 heterocycles. The quantitative estimate of drug-likeness (QED) is 0.741. The Morgan fingerprint density at radius 3 is 2.36 bits per heavy atom. The third kappa shape index (κ3) is 5.35. The highest BCUT2D eigenvalue weighted by Gasteiger charge is 2.26. The first kappa shape index (κ1) is 18.0. The number of nitrogens with zero attached hydrogens (tertiary/aromatic N) is 2. The first-order chi connectivity index (χ1) is 12.2. The minimum Gasteiger partial charge on any atom is -0.337 e. The van der Waals surface area contributed by atoms with Gasteiger partial charge >= 0.3 is 0 Å². The molecule has 0 spiro atoms. The zero-order chi connectivity index (χ0) is 17.5. The van der Waals surface area contributed by atoms with E-state index in [-0.39, 0.29) is 6.04 Å². The van der Waals surface area contributed by atoms with Crippen molar-refractivity contribution < 1.29 is 4.79 Å². The molecule has 2 aromatic rings. The van der Waals surface area contributed by atoms with E-state index in [2.05, 4.69) is 65.4 Å². The summed E-state index contributed by atoms with van der Waals surface area (Å²) in [5, 5.41) is 0. The summed E-state index contributed by atoms with van der Waals surface area (Å²) in [5.74, 6) is 1.22. The number of hydrogen-bond donors (Lipinski definition) is 0. The summed E-state index contributed by atoms with van der Waals surface area (Å²) in [7, 11) is 2.10. The molecule has 1 unspecified atom stereocenters. The maximum Gasteiger partial charge on any atom is 0.224 e. The zero-order valence-electron chi connectivity index (χ0n) is 14.8. The SMILES string of the molecule is CN1CCC(=O)N(C(CSc2ccccc2)Cc2ccccc2)CC1. The average Bonchev–Trinajstić information content (AvgIpc) is 2.82. The van der Waals surface area contributed by atoms with E-state index in [0.29, 0.717) is 12.3 Å². The molecule has 1 saturated heterocycles. The predicted molar refractivity (Wildman–Crippen MR) is 105 cm³/mol. The van der Waals surface area contributed by atoms with Crippen LogP contribution in [-0.2, 0) is 11.2 Å². The molecule has 25 heavy (non-hydrogen) atoms. The van der Waals surface area contributed by atoms with Crippen LogP contribution in [0.15, 0.2) is 65.6 Å². The van der Waals surface area contributed by atoms with Gasteiger partial charge in [-0.25, -0.2) is 0 Å². The van der Waals surface area contributed by atoms with E-state index in [0.717, 1.165) is 31.8 Å². The summed E-state index contributed by atoms with van der Waals surface area (Å²) in [5.41, 5.74) is 1.30. The van der Waals surface area contributed by atoms with Crippen LogP contribution in [0.5, 0.6) is 0 Å². The Balaban J connectivity index is 1.74. The second-order valence-electron chi connectivity index (χ2n) is 6.61. The second-order valence-corrected chi connectivity index (χ2v) is 7.70. The normalized spacial score (nSPS) is 17.3. The Bertz CT molecular complexity index is 662. The summed E-state index contributed by atoms with van der Waals surface area (Å²) in [6, 6.07) is 21.2. The lowest BCUT2D eigenvalue weighted by Crippen LogP contribution is -2.44. The van der Waals surface area contributed by atoms with Crippen LogP contribution in [0.1, 0.15) is 12.0 Å². The van der Waals surface area contributed by atoms with Crippen LogP contribution in [-0.4, -0.2) is 54.2 Å². The summed E-state index contributed by atoms with van der Waals surface area (Å²) in [4.78, 5) is 18.3. The van der Waals surface area contributed by atoms with Gasteiger partial charge in [0.1, 0.15) is 0 Å². The van der Waals surface area contributed by atoms with E-state index in [9.17, 15) is 4.79 Å². The molecule has 3 nitrogen and oxygen atoms in total. The number of rotatable bonds is 6. The average molecular weight is 355 g/mol. The van der Waals surface area contributed by atoms with Crippen LogP contribution >= 0.6 is 11.8 Å². The highest BCUT2D eigenvalue weighted by molar-refractivity contribution is 7.99. The van der Waals surface area contributed by atoms with E-state index in [1.807, 2.05) is 23.9 Å². The number of hydrogen-bond acceptors (Lipinski definition) is 3. The van der Waals surface area contributed by atoms with E-state index >= 15 is 0 Å². The molecule has 1 aliphatic heterocycles. The Labute approximate surface area is 155 Å². The number of carbonyl (C=O) groups is 1. The fourth-order valence-electron chi connectivity index (χ4n) is 3.19. The van der Waals surface area contributed by atoms with Gasteiger partial charge in [-0.15, -0.1) is 11.8 Å². The first-order valence-corrected chi connectivity index (χ1v) is 9.91. The predicted octanol–water partition coefficient (Wildman–Crippen LogP) is 3.55. The van der Waals surface area contributed by atoms with E-state index in [1.54, 1.807) is 0 Å². The van der Waals surface area contributed by atoms with Crippen molar-refractivity contribution in [2.24, 2.45) is 0 Å². The second kappa shape index (κ2) is 9.07. The summed E-state index contributed by atoms with van der Waals surface area (Å²) in [6.07, 6.45) is 1.54. The standard InChI is InChI=1S/C21H26N2OS/c1-22-13-12-21(24)23(15-14-22)19(16-18-8-4-2-5-9-18)17-25-20-10-6-3-7-11-20/h2-11,19H,12-17H2,1H3. The lowest BCUT2D eigenvalue weighted by molar-refractivity contribution is -0.132. The van der Waals surface area contributed by atoms with Gasteiger partial charge in [-0.1, -0.05) is 48.5 Å². The third-order valence-electron chi connectivity index (χ3n) is 4.69. The highest BCUT2D eigenvalue weighted by Crippen LogP contribution is 2.23. The smallest absolute Gasteiger partial charge is 0.224 e. The van der Waals surface area contributed by atoms with Crippen molar-refractivity contribution in [3.05, 3.63) is 66.2 Å². The monoisotopic (exact) mass is 354 g/mol. The molecule has 1 amide bonds. The minimum absolute atomic E-state index is 0.228. The summed E-state index contributed by atoms with van der Waals surface area (Å²) < 4.78 is 0. The Kier molecular flexibility index (Phi) is 6.54. The molecule has 1 aliphatic rings. The van der Waals surface area contributed by atoms with Crippen molar-refractivity contribution in [2.75, 3.05) is 32.4 Å². The Hall–Kier alpha value is -1.78. The fraction of sp³-hybridized carbons (Fsp3) is 0.381. The van der Waals surface area contributed by atoms with Gasteiger partial charge in [0.05, 0.1) is 0 Å². The lowest BCUT2D eigenvalue weighted by Gasteiger charge is -2.31. The van der Waals surface area contributed by atoms with Gasteiger partial charge in [-0.2, -0.15) is 0 Å². The van der Waals surface area contributed by atoms with Crippen molar-refractivity contribution in [1.82, 2.24) is 9.80 Å². The molecule has 0 bridgehead atoms. The molecule has 0 radical (unpaired) electrons. The van der Waals surface area contributed by atoms with Crippen LogP contribution in [0, 0.1) is 0 Å². The largest absolute Gasteiger partial charge is 0.337 e. The number of thioether (sulfide) groups is 1. The van der Waals surface area contributed by atoms with E-state index < -0.39 is 0 Å². The molecule has 0 aliphatic carbocycles. The number of amides is 1. The van der Waals surface area contributed by atoms with E-state index in [4.69, 9.17) is 0 Å². The molecule has 0 N–H and O–H groups in total. The fourth-order valence-corrected chi connectivity index (χ4v) is 4.22. The van der Waals surface area contributed by atoms with Crippen LogP contribution in [0.3, 0.4) is 0 Å². The molecular weight excluding hydrogens is 328 g/mol. The van der Waals surface area contributed by atoms with Gasteiger partial charge in [0.15, 0.2) is 0 Å². The van der Waals surface area contributed by atoms with Crippen LogP contribution in [0.25, 0.3) is 0 Å². The molecule has 1 fully saturated rings. The molecule has 3 rings (SSSR count). The topological polar surface area (TPSA) is 23.6 Å². The summed E-state index contributed by atoms with van der Waals surface area (Å²) in [6.45, 7) is 2.63. The van der Waals surface area contributed by atoms with Crippen molar-refractivity contribution >= 4 is 17.7 Å². The van der Waals surface area contributed by atoms with Gasteiger partial charge in [-0.3, -0.25) is 4.79 Å². The van der Waals surface area contributed by atoms with Crippen molar-refractivity contribution in [3.63, 3.8) is 0 Å². The number of benzene rings is 2. The van der Waals surface area contributed by atoms with Crippen LogP contribution in [0.4, 0.5) is 0 Å². The molecular formula is C21H26N2OS. The van der Waals surface area contributed by atoms with Crippen molar-refractivity contribution in [3.8, 4) is 0 Å². The lowest BCUT2D eigenvalue weighted by atomic mass is 10.1. The van der Waals surface area contributed by atoms with Crippen molar-refractivity contribution in [2.45, 2.75) is 23.8 Å². The van der Waals surface area contributed by atoms with Gasteiger partial charge in [0, 0.05) is 42.7 Å². The maximum atomic E-state index is 12.7. The molecule has 132 valence electrons. The number of likely N-dealkylation sites (N-methyl/N-ethyl adjacent to an activating group) is 1. The molecule has 4 heteroatoms. The molecule has 1 atom stereocenters. The molecule has 2 aromatic carbocycles. The third-order valence-corrected chi connectivity index (χ3v) is 5.85. The van der Waals surface area contributed by atoms with Crippen molar-refractivity contribution in [1.29, 1.82) is 0 Å². The molecule has 0 saturated carbocycles. The van der Waals surface area contributed by atoms with Gasteiger partial charge in [0.2, 0.25) is 5.91 Å². The van der Waals surface area contributed by atoms with E-state index in [1.165, 1.54) is 10.5 Å². The Morgan fingerprint density at radius 1 is 0.960 bits per heavy atom. The minimum atomic E-state index is 0.228.